The minimum Gasteiger partial charge on any atom is -0.489 e. The van der Waals surface area contributed by atoms with Gasteiger partial charge in [-0.2, -0.15) is 5.26 Å². The number of aromatic nitrogens is 1. The van der Waals surface area contributed by atoms with Gasteiger partial charge in [0.15, 0.2) is 0 Å². The molecule has 3 aromatic rings. The molecule has 140 valence electrons. The number of hydrogen-bond donors (Lipinski definition) is 2. The lowest BCUT2D eigenvalue weighted by molar-refractivity contribution is 0.102. The van der Waals surface area contributed by atoms with Crippen LogP contribution in [0.4, 0.5) is 17.2 Å². The highest BCUT2D eigenvalue weighted by Crippen LogP contribution is 2.25. The third-order valence-corrected chi connectivity index (χ3v) is 3.81. The fraction of sp³-hybridized carbons (Fsp3) is 0.136. The summed E-state index contributed by atoms with van der Waals surface area (Å²) in [6, 6.07) is 19.9. The lowest BCUT2D eigenvalue weighted by Gasteiger charge is -2.14. The van der Waals surface area contributed by atoms with Crippen molar-refractivity contribution in [2.24, 2.45) is 0 Å². The molecule has 0 bridgehead atoms. The van der Waals surface area contributed by atoms with Crippen molar-refractivity contribution < 1.29 is 9.53 Å². The minimum absolute atomic E-state index is 0.00676. The molecule has 2 aromatic carbocycles. The molecule has 0 aliphatic heterocycles. The quantitative estimate of drug-likeness (QED) is 0.653. The average Bonchev–Trinajstić information content (AvgIpc) is 2.70. The van der Waals surface area contributed by atoms with Gasteiger partial charge in [0.25, 0.3) is 5.91 Å². The Balaban J connectivity index is 1.68. The molecule has 28 heavy (non-hydrogen) atoms. The molecule has 3 rings (SSSR count). The zero-order valence-electron chi connectivity index (χ0n) is 15.6. The minimum atomic E-state index is -0.266. The third-order valence-electron chi connectivity index (χ3n) is 3.81. The Bertz CT molecular complexity index is 990. The fourth-order valence-corrected chi connectivity index (χ4v) is 2.50. The van der Waals surface area contributed by atoms with Gasteiger partial charge < -0.3 is 15.4 Å². The molecule has 0 radical (unpaired) electrons. The lowest BCUT2D eigenvalue weighted by atomic mass is 10.2. The smallest absolute Gasteiger partial charge is 0.257 e. The maximum atomic E-state index is 12.5. The van der Waals surface area contributed by atoms with Crippen molar-refractivity contribution >= 4 is 23.1 Å². The van der Waals surface area contributed by atoms with E-state index in [-0.39, 0.29) is 12.0 Å². The molecule has 1 amide bonds. The second kappa shape index (κ2) is 8.69. The first-order chi connectivity index (χ1) is 13.5. The molecular formula is C22H20N4O2. The molecule has 0 spiro atoms. The summed E-state index contributed by atoms with van der Waals surface area (Å²) in [4.78, 5) is 16.8. The van der Waals surface area contributed by atoms with Crippen LogP contribution in [0.2, 0.25) is 0 Å². The van der Waals surface area contributed by atoms with Crippen LogP contribution in [0.15, 0.2) is 66.9 Å². The topological polar surface area (TPSA) is 87.0 Å². The van der Waals surface area contributed by atoms with Gasteiger partial charge in [-0.05, 0) is 62.4 Å². The third kappa shape index (κ3) is 4.86. The molecule has 0 saturated heterocycles. The summed E-state index contributed by atoms with van der Waals surface area (Å²) in [5.41, 5.74) is 2.45. The van der Waals surface area contributed by atoms with Crippen molar-refractivity contribution in [3.8, 4) is 11.8 Å². The highest BCUT2D eigenvalue weighted by Gasteiger charge is 2.11. The fourth-order valence-electron chi connectivity index (χ4n) is 2.50. The summed E-state index contributed by atoms with van der Waals surface area (Å²) in [7, 11) is 0. The zero-order chi connectivity index (χ0) is 19.9. The van der Waals surface area contributed by atoms with Crippen molar-refractivity contribution in [1.29, 1.82) is 5.26 Å². The standard InChI is InChI=1S/C22H20N4O2/c1-15(2)28-20-6-4-3-5-19(20)26-22(27)17-9-12-21(24-14-17)25-18-10-7-16(13-23)8-11-18/h3-12,14-15H,1-2H3,(H,24,25)(H,26,27). The second-order valence-electron chi connectivity index (χ2n) is 6.36. The van der Waals surface area contributed by atoms with E-state index in [0.29, 0.717) is 28.4 Å². The van der Waals surface area contributed by atoms with Crippen LogP contribution in [0.5, 0.6) is 5.75 Å². The number of carbonyl (C=O) groups excluding carboxylic acids is 1. The number of ether oxygens (including phenoxy) is 1. The summed E-state index contributed by atoms with van der Waals surface area (Å²) < 4.78 is 5.72. The molecule has 2 N–H and O–H groups in total. The number of pyridine rings is 1. The number of benzene rings is 2. The average molecular weight is 372 g/mol. The number of amides is 1. The van der Waals surface area contributed by atoms with Gasteiger partial charge in [0.05, 0.1) is 29.0 Å². The first-order valence-corrected chi connectivity index (χ1v) is 8.85. The van der Waals surface area contributed by atoms with Crippen LogP contribution in [-0.4, -0.2) is 17.0 Å². The summed E-state index contributed by atoms with van der Waals surface area (Å²) >= 11 is 0. The van der Waals surface area contributed by atoms with Gasteiger partial charge in [-0.15, -0.1) is 0 Å². The number of para-hydroxylation sites is 2. The van der Waals surface area contributed by atoms with Gasteiger partial charge in [-0.1, -0.05) is 12.1 Å². The van der Waals surface area contributed by atoms with Gasteiger partial charge in [0.2, 0.25) is 0 Å². The molecule has 0 aliphatic rings. The molecule has 6 heteroatoms. The molecule has 0 fully saturated rings. The normalized spacial score (nSPS) is 10.2. The Morgan fingerprint density at radius 1 is 1.07 bits per heavy atom. The Kier molecular flexibility index (Phi) is 5.87. The van der Waals surface area contributed by atoms with E-state index < -0.39 is 0 Å². The summed E-state index contributed by atoms with van der Waals surface area (Å²) in [5.74, 6) is 0.958. The van der Waals surface area contributed by atoms with E-state index >= 15 is 0 Å². The summed E-state index contributed by atoms with van der Waals surface area (Å²) in [6.07, 6.45) is 1.51. The van der Waals surface area contributed by atoms with Crippen LogP contribution in [0.1, 0.15) is 29.8 Å². The largest absolute Gasteiger partial charge is 0.489 e. The lowest BCUT2D eigenvalue weighted by Crippen LogP contribution is -2.14. The zero-order valence-corrected chi connectivity index (χ0v) is 15.6. The van der Waals surface area contributed by atoms with E-state index in [0.717, 1.165) is 5.69 Å². The van der Waals surface area contributed by atoms with E-state index in [1.165, 1.54) is 6.20 Å². The van der Waals surface area contributed by atoms with E-state index in [1.807, 2.05) is 32.0 Å². The van der Waals surface area contributed by atoms with Crippen LogP contribution in [0.3, 0.4) is 0 Å². The maximum absolute atomic E-state index is 12.5. The van der Waals surface area contributed by atoms with Crippen molar-refractivity contribution in [1.82, 2.24) is 4.98 Å². The molecule has 0 unspecified atom stereocenters. The van der Waals surface area contributed by atoms with Gasteiger partial charge >= 0.3 is 0 Å². The van der Waals surface area contributed by atoms with E-state index in [1.54, 1.807) is 42.5 Å². The molecule has 0 aliphatic carbocycles. The summed E-state index contributed by atoms with van der Waals surface area (Å²) in [6.45, 7) is 3.87. The number of nitrogens with one attached hydrogen (secondary N) is 2. The van der Waals surface area contributed by atoms with E-state index in [9.17, 15) is 4.79 Å². The van der Waals surface area contributed by atoms with Crippen LogP contribution in [-0.2, 0) is 0 Å². The Morgan fingerprint density at radius 3 is 2.46 bits per heavy atom. The van der Waals surface area contributed by atoms with Crippen molar-refractivity contribution in [2.45, 2.75) is 20.0 Å². The number of carbonyl (C=O) groups is 1. The number of rotatable bonds is 6. The molecular weight excluding hydrogens is 352 g/mol. The van der Waals surface area contributed by atoms with Gasteiger partial charge in [0, 0.05) is 11.9 Å². The number of anilines is 3. The molecule has 0 saturated carbocycles. The molecule has 1 aromatic heterocycles. The first-order valence-electron chi connectivity index (χ1n) is 8.85. The molecule has 0 atom stereocenters. The summed E-state index contributed by atoms with van der Waals surface area (Å²) in [5, 5.41) is 14.8. The predicted molar refractivity (Wildman–Crippen MR) is 109 cm³/mol. The van der Waals surface area contributed by atoms with Crippen molar-refractivity contribution in [3.05, 3.63) is 78.0 Å². The van der Waals surface area contributed by atoms with Gasteiger partial charge in [0.1, 0.15) is 11.6 Å². The van der Waals surface area contributed by atoms with Crippen LogP contribution in [0.25, 0.3) is 0 Å². The van der Waals surface area contributed by atoms with Crippen LogP contribution >= 0.6 is 0 Å². The molecule has 6 nitrogen and oxygen atoms in total. The predicted octanol–water partition coefficient (Wildman–Crippen LogP) is 4.74. The van der Waals surface area contributed by atoms with Crippen molar-refractivity contribution in [3.63, 3.8) is 0 Å². The monoisotopic (exact) mass is 372 g/mol. The Labute approximate surface area is 163 Å². The SMILES string of the molecule is CC(C)Oc1ccccc1NC(=O)c1ccc(Nc2ccc(C#N)cc2)nc1. The van der Waals surface area contributed by atoms with Gasteiger partial charge in [-0.25, -0.2) is 4.98 Å². The van der Waals surface area contributed by atoms with E-state index in [2.05, 4.69) is 21.7 Å². The number of hydrogen-bond acceptors (Lipinski definition) is 5. The number of nitrogens with zero attached hydrogens (tertiary/aromatic N) is 2. The Morgan fingerprint density at radius 2 is 1.82 bits per heavy atom. The molecule has 1 heterocycles. The van der Waals surface area contributed by atoms with E-state index in [4.69, 9.17) is 10.00 Å². The van der Waals surface area contributed by atoms with Gasteiger partial charge in [-0.3, -0.25) is 4.79 Å². The second-order valence-corrected chi connectivity index (χ2v) is 6.36. The number of nitriles is 1. The maximum Gasteiger partial charge on any atom is 0.257 e. The highest BCUT2D eigenvalue weighted by atomic mass is 16.5. The first kappa shape index (κ1) is 18.9. The highest BCUT2D eigenvalue weighted by molar-refractivity contribution is 6.04. The van der Waals surface area contributed by atoms with Crippen LogP contribution in [0, 0.1) is 11.3 Å². The van der Waals surface area contributed by atoms with Crippen LogP contribution < -0.4 is 15.4 Å². The Hall–Kier alpha value is -3.85. The van der Waals surface area contributed by atoms with Crippen molar-refractivity contribution in [2.75, 3.05) is 10.6 Å².